The molecule has 0 saturated carbocycles. The van der Waals surface area contributed by atoms with E-state index in [0.29, 0.717) is 37.5 Å². The van der Waals surface area contributed by atoms with E-state index < -0.39 is 20.0 Å². The van der Waals surface area contributed by atoms with E-state index in [9.17, 15) is 21.6 Å². The second-order valence-electron chi connectivity index (χ2n) is 9.13. The number of rotatable bonds is 9. The van der Waals surface area contributed by atoms with Crippen LogP contribution in [0, 0.1) is 6.92 Å². The number of amides is 1. The first-order valence-electron chi connectivity index (χ1n) is 12.3. The molecule has 1 N–H and O–H groups in total. The number of carbonyl (C=O) groups is 1. The molecule has 2 aromatic carbocycles. The van der Waals surface area contributed by atoms with Crippen molar-refractivity contribution in [1.29, 1.82) is 0 Å². The Morgan fingerprint density at radius 1 is 0.833 bits per heavy atom. The normalized spacial score (nSPS) is 17.7. The fourth-order valence-corrected chi connectivity index (χ4v) is 7.77. The molecule has 0 aliphatic carbocycles. The lowest BCUT2D eigenvalue weighted by molar-refractivity contribution is 0.0946. The predicted octanol–water partition coefficient (Wildman–Crippen LogP) is 2.76. The molecule has 0 radical (unpaired) electrons. The summed E-state index contributed by atoms with van der Waals surface area (Å²) in [5.41, 5.74) is 0.878. The van der Waals surface area contributed by atoms with E-state index in [2.05, 4.69) is 5.32 Å². The van der Waals surface area contributed by atoms with Gasteiger partial charge in [0.1, 0.15) is 12.4 Å². The van der Waals surface area contributed by atoms with E-state index in [0.717, 1.165) is 32.1 Å². The summed E-state index contributed by atoms with van der Waals surface area (Å²) in [6, 6.07) is 11.0. The maximum atomic E-state index is 13.1. The first-order chi connectivity index (χ1) is 17.2. The van der Waals surface area contributed by atoms with Crippen molar-refractivity contribution in [3.8, 4) is 5.75 Å². The molecule has 1 amide bonds. The predicted molar refractivity (Wildman–Crippen MR) is 136 cm³/mol. The van der Waals surface area contributed by atoms with Crippen molar-refractivity contribution in [2.24, 2.45) is 0 Å². The Labute approximate surface area is 213 Å². The number of benzene rings is 2. The fourth-order valence-electron chi connectivity index (χ4n) is 4.48. The topological polar surface area (TPSA) is 113 Å². The van der Waals surface area contributed by atoms with Gasteiger partial charge < -0.3 is 10.1 Å². The molecule has 0 bridgehead atoms. The Morgan fingerprint density at radius 2 is 1.42 bits per heavy atom. The van der Waals surface area contributed by atoms with Crippen LogP contribution in [0.15, 0.2) is 52.3 Å². The molecule has 2 saturated heterocycles. The van der Waals surface area contributed by atoms with Crippen LogP contribution in [0.5, 0.6) is 5.75 Å². The third kappa shape index (κ3) is 5.91. The molecular formula is C25H33N3O6S2. The zero-order chi connectivity index (χ0) is 25.8. The fraction of sp³-hybridized carbons (Fsp3) is 0.480. The Balaban J connectivity index is 1.31. The van der Waals surface area contributed by atoms with Crippen molar-refractivity contribution in [3.63, 3.8) is 0 Å². The molecule has 36 heavy (non-hydrogen) atoms. The number of piperidine rings is 1. The number of nitrogens with zero attached hydrogens (tertiary/aromatic N) is 2. The van der Waals surface area contributed by atoms with Gasteiger partial charge in [-0.25, -0.2) is 16.8 Å². The number of ether oxygens (including phenoxy) is 1. The van der Waals surface area contributed by atoms with Crippen LogP contribution in [-0.2, 0) is 20.0 Å². The molecule has 0 spiro atoms. The Morgan fingerprint density at radius 3 is 2.06 bits per heavy atom. The highest BCUT2D eigenvalue weighted by Gasteiger charge is 2.28. The van der Waals surface area contributed by atoms with E-state index in [-0.39, 0.29) is 34.4 Å². The largest absolute Gasteiger partial charge is 0.492 e. The third-order valence-corrected chi connectivity index (χ3v) is 10.5. The number of carbonyl (C=O) groups excluding carboxylic acids is 1. The van der Waals surface area contributed by atoms with Crippen molar-refractivity contribution < 1.29 is 26.4 Å². The molecule has 2 aliphatic rings. The highest BCUT2D eigenvalue weighted by molar-refractivity contribution is 7.89. The summed E-state index contributed by atoms with van der Waals surface area (Å²) in [5.74, 6) is 0.107. The Bertz CT molecular complexity index is 1280. The molecule has 0 atom stereocenters. The van der Waals surface area contributed by atoms with Crippen LogP contribution < -0.4 is 10.1 Å². The SMILES string of the molecule is Cc1ccc(C(=O)NCCOc2ccc(S(=O)(=O)N3CCCC3)cc2)cc1S(=O)(=O)N1CCCCC1. The van der Waals surface area contributed by atoms with Crippen molar-refractivity contribution in [2.45, 2.75) is 48.8 Å². The van der Waals surface area contributed by atoms with Crippen LogP contribution in [0.25, 0.3) is 0 Å². The first-order valence-corrected chi connectivity index (χ1v) is 15.2. The summed E-state index contributed by atoms with van der Waals surface area (Å²) >= 11 is 0. The van der Waals surface area contributed by atoms with Crippen molar-refractivity contribution in [2.75, 3.05) is 39.3 Å². The summed E-state index contributed by atoms with van der Waals surface area (Å²) in [6.07, 6.45) is 4.47. The van der Waals surface area contributed by atoms with E-state index in [1.165, 1.54) is 26.8 Å². The standard InChI is InChI=1S/C25H33N3O6S2/c1-20-7-8-21(19-24(20)36(32,33)28-14-3-2-4-15-28)25(29)26-13-18-34-22-9-11-23(12-10-22)35(30,31)27-16-5-6-17-27/h7-12,19H,2-6,13-18H2,1H3,(H,26,29). The summed E-state index contributed by atoms with van der Waals surface area (Å²) < 4.78 is 60.0. The minimum absolute atomic E-state index is 0.164. The summed E-state index contributed by atoms with van der Waals surface area (Å²) in [4.78, 5) is 13.1. The van der Waals surface area contributed by atoms with Crippen LogP contribution in [0.3, 0.4) is 0 Å². The van der Waals surface area contributed by atoms with Crippen molar-refractivity contribution >= 4 is 26.0 Å². The monoisotopic (exact) mass is 535 g/mol. The second kappa shape index (κ2) is 11.3. The summed E-state index contributed by atoms with van der Waals surface area (Å²) in [5, 5.41) is 2.74. The minimum Gasteiger partial charge on any atom is -0.492 e. The van der Waals surface area contributed by atoms with E-state index in [1.807, 2.05) is 0 Å². The molecule has 2 heterocycles. The zero-order valence-corrected chi connectivity index (χ0v) is 22.1. The van der Waals surface area contributed by atoms with Crippen LogP contribution in [-0.4, -0.2) is 70.7 Å². The van der Waals surface area contributed by atoms with Crippen LogP contribution in [0.1, 0.15) is 48.0 Å². The Hall–Kier alpha value is -2.47. The number of nitrogens with one attached hydrogen (secondary N) is 1. The van der Waals surface area contributed by atoms with E-state index in [4.69, 9.17) is 4.74 Å². The van der Waals surface area contributed by atoms with Gasteiger partial charge in [0, 0.05) is 31.7 Å². The van der Waals surface area contributed by atoms with Gasteiger partial charge in [0.15, 0.2) is 0 Å². The quantitative estimate of drug-likeness (QED) is 0.494. The van der Waals surface area contributed by atoms with E-state index in [1.54, 1.807) is 31.2 Å². The van der Waals surface area contributed by atoms with Gasteiger partial charge in [-0.05, 0) is 74.6 Å². The molecular weight excluding hydrogens is 502 g/mol. The lowest BCUT2D eigenvalue weighted by Gasteiger charge is -2.26. The second-order valence-corrected chi connectivity index (χ2v) is 13.0. The molecule has 2 fully saturated rings. The number of sulfonamides is 2. The smallest absolute Gasteiger partial charge is 0.251 e. The van der Waals surface area contributed by atoms with Gasteiger partial charge in [-0.2, -0.15) is 8.61 Å². The lowest BCUT2D eigenvalue weighted by Crippen LogP contribution is -2.36. The molecule has 4 rings (SSSR count). The molecule has 196 valence electrons. The minimum atomic E-state index is -3.65. The zero-order valence-electron chi connectivity index (χ0n) is 20.5. The van der Waals surface area contributed by atoms with Crippen LogP contribution >= 0.6 is 0 Å². The van der Waals surface area contributed by atoms with E-state index >= 15 is 0 Å². The average Bonchev–Trinajstić information content (AvgIpc) is 3.44. The summed E-state index contributed by atoms with van der Waals surface area (Å²) in [7, 11) is -7.12. The highest BCUT2D eigenvalue weighted by atomic mass is 32.2. The number of hydrogen-bond acceptors (Lipinski definition) is 6. The first kappa shape index (κ1) is 26.6. The molecule has 11 heteroatoms. The third-order valence-electron chi connectivity index (χ3n) is 6.57. The molecule has 2 aliphatic heterocycles. The van der Waals surface area contributed by atoms with Gasteiger partial charge in [-0.15, -0.1) is 0 Å². The van der Waals surface area contributed by atoms with Crippen molar-refractivity contribution in [1.82, 2.24) is 13.9 Å². The van der Waals surface area contributed by atoms with Gasteiger partial charge in [0.2, 0.25) is 20.0 Å². The Kier molecular flexibility index (Phi) is 8.34. The van der Waals surface area contributed by atoms with Crippen LogP contribution in [0.2, 0.25) is 0 Å². The number of hydrogen-bond donors (Lipinski definition) is 1. The van der Waals surface area contributed by atoms with Crippen LogP contribution in [0.4, 0.5) is 0 Å². The van der Waals surface area contributed by atoms with Crippen molar-refractivity contribution in [3.05, 3.63) is 53.6 Å². The van der Waals surface area contributed by atoms with Gasteiger partial charge in [0.25, 0.3) is 5.91 Å². The molecule has 9 nitrogen and oxygen atoms in total. The average molecular weight is 536 g/mol. The maximum absolute atomic E-state index is 13.1. The maximum Gasteiger partial charge on any atom is 0.251 e. The molecule has 0 unspecified atom stereocenters. The highest BCUT2D eigenvalue weighted by Crippen LogP contribution is 2.25. The molecule has 2 aromatic rings. The number of aryl methyl sites for hydroxylation is 1. The summed E-state index contributed by atoms with van der Waals surface area (Å²) in [6.45, 7) is 4.21. The van der Waals surface area contributed by atoms with Gasteiger partial charge >= 0.3 is 0 Å². The lowest BCUT2D eigenvalue weighted by atomic mass is 10.1. The van der Waals surface area contributed by atoms with Gasteiger partial charge in [0.05, 0.1) is 16.3 Å². The van der Waals surface area contributed by atoms with Gasteiger partial charge in [-0.3, -0.25) is 4.79 Å². The molecule has 0 aromatic heterocycles. The van der Waals surface area contributed by atoms with Gasteiger partial charge in [-0.1, -0.05) is 12.5 Å².